The summed E-state index contributed by atoms with van der Waals surface area (Å²) in [7, 11) is 1.78. The van der Waals surface area contributed by atoms with Crippen molar-refractivity contribution in [1.29, 1.82) is 0 Å². The Hall–Kier alpha value is -2.36. The number of carbonyl (C=O) groups is 1. The highest BCUT2D eigenvalue weighted by Crippen LogP contribution is 2.26. The highest BCUT2D eigenvalue weighted by molar-refractivity contribution is 6.04. The molecular formula is C20H25N3O. The van der Waals surface area contributed by atoms with E-state index in [1.807, 2.05) is 48.7 Å². The van der Waals surface area contributed by atoms with Crippen LogP contribution in [-0.4, -0.2) is 30.5 Å². The molecule has 1 amide bonds. The molecule has 1 atom stereocenters. The van der Waals surface area contributed by atoms with Gasteiger partial charge in [0, 0.05) is 25.3 Å². The maximum absolute atomic E-state index is 12.6. The molecule has 1 unspecified atom stereocenters. The van der Waals surface area contributed by atoms with Gasteiger partial charge in [-0.1, -0.05) is 25.1 Å². The average molecular weight is 323 g/mol. The minimum Gasteiger partial charge on any atom is -0.367 e. The number of hydrogen-bond donors (Lipinski definition) is 0. The SMILES string of the molecule is CCC1CCCCN1c1ccc(C(=O)N(C)c2ccccc2)nc1. The molecule has 2 heterocycles. The summed E-state index contributed by atoms with van der Waals surface area (Å²) in [4.78, 5) is 21.1. The Morgan fingerprint density at radius 1 is 1.21 bits per heavy atom. The van der Waals surface area contributed by atoms with Gasteiger partial charge in [0.25, 0.3) is 5.91 Å². The summed E-state index contributed by atoms with van der Waals surface area (Å²) in [6, 6.07) is 14.1. The summed E-state index contributed by atoms with van der Waals surface area (Å²) < 4.78 is 0. The van der Waals surface area contributed by atoms with Crippen molar-refractivity contribution in [2.75, 3.05) is 23.4 Å². The minimum absolute atomic E-state index is 0.0848. The molecule has 1 aromatic heterocycles. The Labute approximate surface area is 144 Å². The number of pyridine rings is 1. The van der Waals surface area contributed by atoms with Crippen LogP contribution in [0.25, 0.3) is 0 Å². The molecule has 0 bridgehead atoms. The van der Waals surface area contributed by atoms with Crippen molar-refractivity contribution < 1.29 is 4.79 Å². The molecular weight excluding hydrogens is 298 g/mol. The van der Waals surface area contributed by atoms with E-state index in [4.69, 9.17) is 0 Å². The number of rotatable bonds is 4. The van der Waals surface area contributed by atoms with Crippen LogP contribution in [0.1, 0.15) is 43.1 Å². The lowest BCUT2D eigenvalue weighted by atomic mass is 9.99. The van der Waals surface area contributed by atoms with Crippen molar-refractivity contribution in [3.05, 3.63) is 54.4 Å². The zero-order valence-corrected chi connectivity index (χ0v) is 14.5. The number of carbonyl (C=O) groups excluding carboxylic acids is 1. The maximum atomic E-state index is 12.6. The Balaban J connectivity index is 1.75. The second-order valence-electron chi connectivity index (χ2n) is 6.35. The average Bonchev–Trinajstić information content (AvgIpc) is 2.67. The number of hydrogen-bond acceptors (Lipinski definition) is 3. The molecule has 1 saturated heterocycles. The van der Waals surface area contributed by atoms with Crippen LogP contribution in [-0.2, 0) is 0 Å². The highest BCUT2D eigenvalue weighted by Gasteiger charge is 2.22. The molecule has 1 aromatic carbocycles. The van der Waals surface area contributed by atoms with E-state index in [0.29, 0.717) is 11.7 Å². The number of amides is 1. The fourth-order valence-corrected chi connectivity index (χ4v) is 3.39. The molecule has 126 valence electrons. The Morgan fingerprint density at radius 3 is 2.67 bits per heavy atom. The van der Waals surface area contributed by atoms with Gasteiger partial charge in [-0.05, 0) is 49.9 Å². The lowest BCUT2D eigenvalue weighted by Gasteiger charge is -2.37. The summed E-state index contributed by atoms with van der Waals surface area (Å²) in [5.41, 5.74) is 2.48. The third-order valence-electron chi connectivity index (χ3n) is 4.85. The molecule has 4 heteroatoms. The van der Waals surface area contributed by atoms with Gasteiger partial charge in [0.05, 0.1) is 11.9 Å². The predicted octanol–water partition coefficient (Wildman–Crippen LogP) is 4.13. The summed E-state index contributed by atoms with van der Waals surface area (Å²) in [6.45, 7) is 3.32. The van der Waals surface area contributed by atoms with E-state index in [1.54, 1.807) is 11.9 Å². The second kappa shape index (κ2) is 7.47. The van der Waals surface area contributed by atoms with Crippen LogP contribution in [0.2, 0.25) is 0 Å². The van der Waals surface area contributed by atoms with Crippen molar-refractivity contribution in [1.82, 2.24) is 4.98 Å². The van der Waals surface area contributed by atoms with Crippen LogP contribution in [0, 0.1) is 0 Å². The van der Waals surface area contributed by atoms with E-state index in [0.717, 1.165) is 24.3 Å². The van der Waals surface area contributed by atoms with Gasteiger partial charge >= 0.3 is 0 Å². The fraction of sp³-hybridized carbons (Fsp3) is 0.400. The van der Waals surface area contributed by atoms with Gasteiger partial charge in [0.1, 0.15) is 5.69 Å². The quantitative estimate of drug-likeness (QED) is 0.849. The summed E-state index contributed by atoms with van der Waals surface area (Å²) in [6.07, 6.45) is 6.78. The first-order valence-electron chi connectivity index (χ1n) is 8.76. The van der Waals surface area contributed by atoms with Crippen LogP contribution in [0.5, 0.6) is 0 Å². The van der Waals surface area contributed by atoms with Gasteiger partial charge in [-0.3, -0.25) is 4.79 Å². The van der Waals surface area contributed by atoms with Crippen molar-refractivity contribution in [3.63, 3.8) is 0 Å². The minimum atomic E-state index is -0.0848. The molecule has 4 nitrogen and oxygen atoms in total. The molecule has 0 spiro atoms. The normalized spacial score (nSPS) is 17.6. The third kappa shape index (κ3) is 3.42. The van der Waals surface area contributed by atoms with Crippen molar-refractivity contribution in [3.8, 4) is 0 Å². The predicted molar refractivity (Wildman–Crippen MR) is 98.7 cm³/mol. The number of anilines is 2. The fourth-order valence-electron chi connectivity index (χ4n) is 3.39. The highest BCUT2D eigenvalue weighted by atomic mass is 16.2. The first kappa shape index (κ1) is 16.5. The van der Waals surface area contributed by atoms with Gasteiger partial charge < -0.3 is 9.80 Å². The van der Waals surface area contributed by atoms with Gasteiger partial charge in [-0.15, -0.1) is 0 Å². The molecule has 1 aliphatic heterocycles. The monoisotopic (exact) mass is 323 g/mol. The zero-order valence-electron chi connectivity index (χ0n) is 14.5. The molecule has 0 N–H and O–H groups in total. The maximum Gasteiger partial charge on any atom is 0.276 e. The van der Waals surface area contributed by atoms with Crippen molar-refractivity contribution in [2.24, 2.45) is 0 Å². The Bertz CT molecular complexity index is 669. The largest absolute Gasteiger partial charge is 0.367 e. The smallest absolute Gasteiger partial charge is 0.276 e. The molecule has 2 aromatic rings. The molecule has 3 rings (SSSR count). The summed E-state index contributed by atoms with van der Waals surface area (Å²) >= 11 is 0. The lowest BCUT2D eigenvalue weighted by molar-refractivity contribution is 0.0988. The van der Waals surface area contributed by atoms with Gasteiger partial charge in [0.15, 0.2) is 0 Å². The first-order valence-corrected chi connectivity index (χ1v) is 8.76. The molecule has 0 aliphatic carbocycles. The number of benzene rings is 1. The molecule has 0 saturated carbocycles. The van der Waals surface area contributed by atoms with E-state index in [-0.39, 0.29) is 5.91 Å². The zero-order chi connectivity index (χ0) is 16.9. The van der Waals surface area contributed by atoms with Crippen LogP contribution < -0.4 is 9.80 Å². The summed E-state index contributed by atoms with van der Waals surface area (Å²) in [5, 5.41) is 0. The van der Waals surface area contributed by atoms with E-state index in [2.05, 4.69) is 16.8 Å². The molecule has 0 radical (unpaired) electrons. The van der Waals surface area contributed by atoms with Crippen molar-refractivity contribution in [2.45, 2.75) is 38.6 Å². The van der Waals surface area contributed by atoms with E-state index in [9.17, 15) is 4.79 Å². The van der Waals surface area contributed by atoms with E-state index < -0.39 is 0 Å². The summed E-state index contributed by atoms with van der Waals surface area (Å²) in [5.74, 6) is -0.0848. The van der Waals surface area contributed by atoms with Crippen molar-refractivity contribution >= 4 is 17.3 Å². The van der Waals surface area contributed by atoms with Crippen LogP contribution in [0.3, 0.4) is 0 Å². The Morgan fingerprint density at radius 2 is 2.00 bits per heavy atom. The van der Waals surface area contributed by atoms with Gasteiger partial charge in [0.2, 0.25) is 0 Å². The number of nitrogens with zero attached hydrogens (tertiary/aromatic N) is 3. The number of aromatic nitrogens is 1. The molecule has 24 heavy (non-hydrogen) atoms. The lowest BCUT2D eigenvalue weighted by Crippen LogP contribution is -2.39. The van der Waals surface area contributed by atoms with E-state index in [1.165, 1.54) is 19.3 Å². The third-order valence-corrected chi connectivity index (χ3v) is 4.85. The van der Waals surface area contributed by atoms with Crippen LogP contribution in [0.4, 0.5) is 11.4 Å². The standard InChI is InChI=1S/C20H25N3O/c1-3-16-9-7-8-14-23(16)18-12-13-19(21-15-18)20(24)22(2)17-10-5-4-6-11-17/h4-6,10-13,15-16H,3,7-9,14H2,1-2H3. The number of piperidine rings is 1. The molecule has 1 aliphatic rings. The van der Waals surface area contributed by atoms with Gasteiger partial charge in [-0.2, -0.15) is 0 Å². The second-order valence-corrected chi connectivity index (χ2v) is 6.35. The van der Waals surface area contributed by atoms with E-state index >= 15 is 0 Å². The van der Waals surface area contributed by atoms with Gasteiger partial charge in [-0.25, -0.2) is 4.98 Å². The Kier molecular flexibility index (Phi) is 5.14. The first-order chi connectivity index (χ1) is 11.7. The van der Waals surface area contributed by atoms with Crippen LogP contribution >= 0.6 is 0 Å². The number of para-hydroxylation sites is 1. The topological polar surface area (TPSA) is 36.4 Å². The van der Waals surface area contributed by atoms with Crippen LogP contribution in [0.15, 0.2) is 48.7 Å². The molecule has 1 fully saturated rings.